The fourth-order valence-electron chi connectivity index (χ4n) is 0.969. The maximum Gasteiger partial charge on any atom is 0.181 e. The Labute approximate surface area is 69.3 Å². The van der Waals surface area contributed by atoms with Crippen LogP contribution >= 0.6 is 0 Å². The largest absolute Gasteiger partial charge is 0.254 e. The van der Waals surface area contributed by atoms with E-state index in [1.807, 2.05) is 0 Å². The fourth-order valence-corrected chi connectivity index (χ4v) is 0.969. The molecule has 0 N–H and O–H groups in total. The van der Waals surface area contributed by atoms with Gasteiger partial charge in [0.15, 0.2) is 5.65 Å². The summed E-state index contributed by atoms with van der Waals surface area (Å²) in [6.07, 6.45) is 4.80. The third-order valence-electron chi connectivity index (χ3n) is 1.46. The molecule has 4 nitrogen and oxygen atoms in total. The maximum absolute atomic E-state index is 4.05. The van der Waals surface area contributed by atoms with Crippen molar-refractivity contribution >= 4 is 11.2 Å². The van der Waals surface area contributed by atoms with Crippen LogP contribution < -0.4 is 0 Å². The van der Waals surface area contributed by atoms with Gasteiger partial charge >= 0.3 is 0 Å². The minimum absolute atomic E-state index is 0.674. The van der Waals surface area contributed by atoms with Crippen molar-refractivity contribution < 1.29 is 0 Å². The molecule has 0 aliphatic carbocycles. The van der Waals surface area contributed by atoms with Gasteiger partial charge in [-0.25, -0.2) is 15.0 Å². The molecule has 12 heavy (non-hydrogen) atoms. The summed E-state index contributed by atoms with van der Waals surface area (Å²) in [5.74, 6) is 2.78. The van der Waals surface area contributed by atoms with Crippen LogP contribution in [-0.2, 0) is 0 Å². The van der Waals surface area contributed by atoms with Gasteiger partial charge in [0.05, 0.1) is 6.20 Å². The van der Waals surface area contributed by atoms with Crippen LogP contribution in [0, 0.1) is 12.0 Å². The van der Waals surface area contributed by atoms with Crippen LogP contribution in [-0.4, -0.2) is 19.5 Å². The minimum atomic E-state index is 0.674. The molecule has 0 amide bonds. The molecule has 2 heterocycles. The number of hydrogen-bond donors (Lipinski definition) is 0. The van der Waals surface area contributed by atoms with E-state index in [-0.39, 0.29) is 0 Å². The average molecular weight is 158 g/mol. The van der Waals surface area contributed by atoms with Crippen molar-refractivity contribution in [3.05, 3.63) is 18.9 Å². The molecule has 0 radical (unpaired) electrons. The molecule has 0 saturated carbocycles. The number of imidazole rings is 1. The summed E-state index contributed by atoms with van der Waals surface area (Å²) < 4.78 is 1.70. The van der Waals surface area contributed by atoms with Crippen LogP contribution in [0.3, 0.4) is 0 Å². The summed E-state index contributed by atoms with van der Waals surface area (Å²) in [5, 5.41) is 0. The van der Waals surface area contributed by atoms with Gasteiger partial charge in [0.2, 0.25) is 0 Å². The Morgan fingerprint density at radius 2 is 2.33 bits per heavy atom. The lowest BCUT2D eigenvalue weighted by Crippen LogP contribution is -1.86. The summed E-state index contributed by atoms with van der Waals surface area (Å²) in [4.78, 5) is 11.9. The van der Waals surface area contributed by atoms with Gasteiger partial charge in [-0.2, -0.15) is 0 Å². The number of rotatable bonds is 0. The standard InChI is InChI=1S/C8H6N4/c1-2-3-12-6-11-8-7(12)4-9-5-10-8/h4-6H,1H3. The van der Waals surface area contributed by atoms with Gasteiger partial charge in [-0.3, -0.25) is 4.57 Å². The van der Waals surface area contributed by atoms with E-state index >= 15 is 0 Å². The van der Waals surface area contributed by atoms with Crippen LogP contribution in [0.2, 0.25) is 0 Å². The van der Waals surface area contributed by atoms with Gasteiger partial charge in [0.25, 0.3) is 0 Å². The molecule has 0 bridgehead atoms. The molecular weight excluding hydrogens is 152 g/mol. The van der Waals surface area contributed by atoms with E-state index in [9.17, 15) is 0 Å². The third-order valence-corrected chi connectivity index (χ3v) is 1.46. The van der Waals surface area contributed by atoms with Crippen LogP contribution in [0.1, 0.15) is 6.92 Å². The van der Waals surface area contributed by atoms with Gasteiger partial charge in [0, 0.05) is 6.04 Å². The van der Waals surface area contributed by atoms with Crippen LogP contribution in [0.25, 0.3) is 11.2 Å². The molecule has 0 fully saturated rings. The zero-order valence-corrected chi connectivity index (χ0v) is 6.52. The van der Waals surface area contributed by atoms with E-state index in [0.29, 0.717) is 5.65 Å². The summed E-state index contributed by atoms with van der Waals surface area (Å²) in [6, 6.07) is 2.85. The van der Waals surface area contributed by atoms with E-state index in [4.69, 9.17) is 0 Å². The first-order chi connectivity index (χ1) is 5.92. The van der Waals surface area contributed by atoms with Crippen molar-refractivity contribution in [2.45, 2.75) is 6.92 Å². The molecule has 58 valence electrons. The van der Waals surface area contributed by atoms with Gasteiger partial charge in [-0.1, -0.05) is 5.92 Å². The fraction of sp³-hybridized carbons (Fsp3) is 0.125. The van der Waals surface area contributed by atoms with Gasteiger partial charge in [0.1, 0.15) is 18.2 Å². The van der Waals surface area contributed by atoms with Crippen LogP contribution in [0.4, 0.5) is 0 Å². The number of hydrogen-bond acceptors (Lipinski definition) is 3. The van der Waals surface area contributed by atoms with Gasteiger partial charge in [-0.15, -0.1) is 0 Å². The molecule has 0 aliphatic heterocycles. The van der Waals surface area contributed by atoms with E-state index in [0.717, 1.165) is 5.52 Å². The molecule has 0 unspecified atom stereocenters. The first kappa shape index (κ1) is 6.80. The molecule has 2 aromatic heterocycles. The SMILES string of the molecule is CC#Cn1cnc2ncncc21. The van der Waals surface area contributed by atoms with Crippen molar-refractivity contribution in [1.29, 1.82) is 0 Å². The minimum Gasteiger partial charge on any atom is -0.254 e. The zero-order valence-electron chi connectivity index (χ0n) is 6.52. The number of fused-ring (bicyclic) bond motifs is 1. The number of nitrogens with zero attached hydrogens (tertiary/aromatic N) is 4. The lowest BCUT2D eigenvalue weighted by atomic mass is 10.5. The van der Waals surface area contributed by atoms with Crippen molar-refractivity contribution in [1.82, 2.24) is 19.5 Å². The normalized spacial score (nSPS) is 9.42. The lowest BCUT2D eigenvalue weighted by Gasteiger charge is -1.88. The Morgan fingerprint density at radius 3 is 3.17 bits per heavy atom. The first-order valence-electron chi connectivity index (χ1n) is 3.47. The number of aromatic nitrogens is 4. The van der Waals surface area contributed by atoms with E-state index in [2.05, 4.69) is 26.9 Å². The second-order valence-electron chi connectivity index (χ2n) is 2.21. The van der Waals surface area contributed by atoms with E-state index < -0.39 is 0 Å². The monoisotopic (exact) mass is 158 g/mol. The summed E-state index contributed by atoms with van der Waals surface area (Å²) in [7, 11) is 0. The van der Waals surface area contributed by atoms with Crippen molar-refractivity contribution in [3.8, 4) is 12.0 Å². The molecular formula is C8H6N4. The van der Waals surface area contributed by atoms with E-state index in [1.165, 1.54) is 6.33 Å². The smallest absolute Gasteiger partial charge is 0.181 e. The lowest BCUT2D eigenvalue weighted by molar-refractivity contribution is 1.14. The highest BCUT2D eigenvalue weighted by Crippen LogP contribution is 2.04. The Hall–Kier alpha value is -1.89. The highest BCUT2D eigenvalue weighted by molar-refractivity contribution is 5.70. The first-order valence-corrected chi connectivity index (χ1v) is 3.47. The molecule has 2 aromatic rings. The van der Waals surface area contributed by atoms with E-state index in [1.54, 1.807) is 24.0 Å². The quantitative estimate of drug-likeness (QED) is 0.529. The van der Waals surface area contributed by atoms with Crippen molar-refractivity contribution in [3.63, 3.8) is 0 Å². The summed E-state index contributed by atoms with van der Waals surface area (Å²) in [6.45, 7) is 1.77. The molecule has 0 aromatic carbocycles. The van der Waals surface area contributed by atoms with Crippen molar-refractivity contribution in [2.75, 3.05) is 0 Å². The Morgan fingerprint density at radius 1 is 1.42 bits per heavy atom. The summed E-state index contributed by atoms with van der Waals surface area (Å²) >= 11 is 0. The third kappa shape index (κ3) is 0.920. The Kier molecular flexibility index (Phi) is 1.49. The molecule has 0 aliphatic rings. The summed E-state index contributed by atoms with van der Waals surface area (Å²) in [5.41, 5.74) is 1.51. The Bertz CT molecular complexity index is 460. The van der Waals surface area contributed by atoms with Crippen molar-refractivity contribution in [2.24, 2.45) is 0 Å². The molecule has 0 saturated heterocycles. The average Bonchev–Trinajstić information content (AvgIpc) is 2.50. The predicted molar refractivity (Wildman–Crippen MR) is 44.2 cm³/mol. The molecule has 0 atom stereocenters. The van der Waals surface area contributed by atoms with Gasteiger partial charge < -0.3 is 0 Å². The zero-order chi connectivity index (χ0) is 8.39. The molecule has 4 heteroatoms. The second-order valence-corrected chi connectivity index (χ2v) is 2.21. The highest BCUT2D eigenvalue weighted by Gasteiger charge is 1.99. The molecule has 2 rings (SSSR count). The van der Waals surface area contributed by atoms with Gasteiger partial charge in [-0.05, 0) is 6.92 Å². The maximum atomic E-state index is 4.05. The highest BCUT2D eigenvalue weighted by atomic mass is 15.1. The van der Waals surface area contributed by atoms with Crippen LogP contribution in [0.5, 0.6) is 0 Å². The predicted octanol–water partition coefficient (Wildman–Crippen LogP) is 0.655. The topological polar surface area (TPSA) is 43.6 Å². The molecule has 0 spiro atoms. The second kappa shape index (κ2) is 2.62. The Balaban J connectivity index is 2.76. The van der Waals surface area contributed by atoms with Crippen LogP contribution in [0.15, 0.2) is 18.9 Å².